The zero-order chi connectivity index (χ0) is 21.4. The minimum Gasteiger partial charge on any atom is -0.480 e. The van der Waals surface area contributed by atoms with Crippen molar-refractivity contribution in [2.24, 2.45) is 11.8 Å². The lowest BCUT2D eigenvalue weighted by Gasteiger charge is -2.17. The molecule has 1 heterocycles. The maximum absolute atomic E-state index is 12.3. The zero-order valence-corrected chi connectivity index (χ0v) is 16.4. The van der Waals surface area contributed by atoms with Crippen molar-refractivity contribution in [3.8, 4) is 0 Å². The number of carboxylic acids is 2. The lowest BCUT2D eigenvalue weighted by atomic mass is 10.0. The molecule has 9 heteroatoms. The summed E-state index contributed by atoms with van der Waals surface area (Å²) in [5.74, 6) is -3.65. The molecule has 0 saturated carbocycles. The van der Waals surface area contributed by atoms with Crippen molar-refractivity contribution in [3.05, 3.63) is 29.6 Å². The largest absolute Gasteiger partial charge is 0.480 e. The highest BCUT2D eigenvalue weighted by atomic mass is 16.4. The first-order valence-corrected chi connectivity index (χ1v) is 9.05. The molecular formula is C19H27N3O6. The predicted octanol–water partition coefficient (Wildman–Crippen LogP) is 1.54. The highest BCUT2D eigenvalue weighted by Crippen LogP contribution is 2.08. The van der Waals surface area contributed by atoms with Gasteiger partial charge in [-0.1, -0.05) is 33.8 Å². The molecule has 154 valence electrons. The molecule has 0 bridgehead atoms. The van der Waals surface area contributed by atoms with Crippen molar-refractivity contribution in [3.63, 3.8) is 0 Å². The van der Waals surface area contributed by atoms with Crippen molar-refractivity contribution in [2.75, 3.05) is 0 Å². The summed E-state index contributed by atoms with van der Waals surface area (Å²) in [6, 6.07) is 1.98. The van der Waals surface area contributed by atoms with Crippen LogP contribution in [0.4, 0.5) is 0 Å². The Morgan fingerprint density at radius 1 is 0.821 bits per heavy atom. The number of pyridine rings is 1. The van der Waals surface area contributed by atoms with E-state index in [0.717, 1.165) is 0 Å². The number of hydrogen-bond donors (Lipinski definition) is 4. The number of carboxylic acid groups (broad SMARTS) is 2. The predicted molar refractivity (Wildman–Crippen MR) is 101 cm³/mol. The van der Waals surface area contributed by atoms with E-state index in [1.807, 2.05) is 27.7 Å². The number of carbonyl (C=O) groups excluding carboxylic acids is 2. The van der Waals surface area contributed by atoms with Gasteiger partial charge in [0.05, 0.1) is 0 Å². The number of nitrogens with one attached hydrogen (secondary N) is 2. The van der Waals surface area contributed by atoms with Gasteiger partial charge in [-0.15, -0.1) is 0 Å². The van der Waals surface area contributed by atoms with E-state index in [-0.39, 0.29) is 36.1 Å². The van der Waals surface area contributed by atoms with E-state index >= 15 is 0 Å². The van der Waals surface area contributed by atoms with Gasteiger partial charge in [-0.05, 0) is 36.8 Å². The summed E-state index contributed by atoms with van der Waals surface area (Å²) >= 11 is 0. The Labute approximate surface area is 163 Å². The van der Waals surface area contributed by atoms with E-state index in [9.17, 15) is 29.4 Å². The number of aromatic nitrogens is 1. The molecule has 28 heavy (non-hydrogen) atoms. The molecule has 1 aromatic heterocycles. The molecule has 0 aromatic carbocycles. The Bertz CT molecular complexity index is 675. The molecule has 0 aliphatic heterocycles. The number of rotatable bonds is 10. The van der Waals surface area contributed by atoms with Gasteiger partial charge in [0.2, 0.25) is 0 Å². The molecule has 0 fully saturated rings. The van der Waals surface area contributed by atoms with Crippen molar-refractivity contribution < 1.29 is 29.4 Å². The Morgan fingerprint density at radius 3 is 1.46 bits per heavy atom. The van der Waals surface area contributed by atoms with Gasteiger partial charge in [-0.25, -0.2) is 14.6 Å². The van der Waals surface area contributed by atoms with Crippen molar-refractivity contribution >= 4 is 23.8 Å². The normalized spacial score (nSPS) is 13.1. The second-order valence-electron chi connectivity index (χ2n) is 7.40. The summed E-state index contributed by atoms with van der Waals surface area (Å²) in [5, 5.41) is 23.2. The summed E-state index contributed by atoms with van der Waals surface area (Å²) in [7, 11) is 0. The van der Waals surface area contributed by atoms with E-state index in [2.05, 4.69) is 15.6 Å². The highest BCUT2D eigenvalue weighted by Gasteiger charge is 2.24. The summed E-state index contributed by atoms with van der Waals surface area (Å²) in [4.78, 5) is 51.2. The standard InChI is InChI=1S/C19H27N3O6/c1-10(2)8-14(18(25)26)21-16(23)12-6-5-7-13(20-12)17(24)22-15(19(27)28)9-11(3)4/h5-7,10-11,14-15H,8-9H2,1-4H3,(H,21,23)(H,22,24)(H,25,26)(H,27,28)/t14-,15+. The quantitative estimate of drug-likeness (QED) is 0.471. The van der Waals surface area contributed by atoms with Gasteiger partial charge >= 0.3 is 11.9 Å². The van der Waals surface area contributed by atoms with Gasteiger partial charge in [-0.2, -0.15) is 0 Å². The summed E-state index contributed by atoms with van der Waals surface area (Å²) < 4.78 is 0. The van der Waals surface area contributed by atoms with Crippen LogP contribution in [0.1, 0.15) is 61.5 Å². The van der Waals surface area contributed by atoms with Gasteiger partial charge in [0.25, 0.3) is 11.8 Å². The van der Waals surface area contributed by atoms with E-state index in [0.29, 0.717) is 0 Å². The van der Waals surface area contributed by atoms with Crippen LogP contribution in [0.25, 0.3) is 0 Å². The van der Waals surface area contributed by atoms with Crippen molar-refractivity contribution in [2.45, 2.75) is 52.6 Å². The van der Waals surface area contributed by atoms with Crippen molar-refractivity contribution in [1.29, 1.82) is 0 Å². The Morgan fingerprint density at radius 2 is 1.18 bits per heavy atom. The third-order valence-electron chi connectivity index (χ3n) is 3.84. The van der Waals surface area contributed by atoms with E-state index in [4.69, 9.17) is 0 Å². The summed E-state index contributed by atoms with van der Waals surface area (Å²) in [6.07, 6.45) is 0.494. The molecule has 9 nitrogen and oxygen atoms in total. The van der Waals surface area contributed by atoms with Crippen LogP contribution in [0, 0.1) is 11.8 Å². The zero-order valence-electron chi connectivity index (χ0n) is 16.4. The second kappa shape index (κ2) is 10.4. The fourth-order valence-electron chi connectivity index (χ4n) is 2.54. The maximum Gasteiger partial charge on any atom is 0.326 e. The molecule has 0 aliphatic carbocycles. The van der Waals surface area contributed by atoms with Crippen LogP contribution >= 0.6 is 0 Å². The third-order valence-corrected chi connectivity index (χ3v) is 3.84. The Balaban J connectivity index is 2.92. The van der Waals surface area contributed by atoms with Gasteiger partial charge in [0.15, 0.2) is 0 Å². The van der Waals surface area contributed by atoms with Crippen molar-refractivity contribution in [1.82, 2.24) is 15.6 Å². The molecule has 4 N–H and O–H groups in total. The Hall–Kier alpha value is -2.97. The number of carbonyl (C=O) groups is 4. The van der Waals surface area contributed by atoms with Gasteiger partial charge in [-0.3, -0.25) is 9.59 Å². The summed E-state index contributed by atoms with van der Waals surface area (Å²) in [5.41, 5.74) is -0.253. The molecule has 2 atom stereocenters. The average Bonchev–Trinajstić information content (AvgIpc) is 2.59. The van der Waals surface area contributed by atoms with Gasteiger partial charge in [0.1, 0.15) is 23.5 Å². The fourth-order valence-corrected chi connectivity index (χ4v) is 2.54. The topological polar surface area (TPSA) is 146 Å². The summed E-state index contributed by atoms with van der Waals surface area (Å²) in [6.45, 7) is 7.34. The first-order valence-electron chi connectivity index (χ1n) is 9.05. The first kappa shape index (κ1) is 23.1. The second-order valence-corrected chi connectivity index (χ2v) is 7.40. The average molecular weight is 393 g/mol. The molecule has 1 aromatic rings. The molecule has 2 amide bonds. The van der Waals surface area contributed by atoms with Crippen LogP contribution in [0.2, 0.25) is 0 Å². The number of hydrogen-bond acceptors (Lipinski definition) is 5. The monoisotopic (exact) mass is 393 g/mol. The molecule has 1 rings (SSSR count). The van der Waals surface area contributed by atoms with E-state index in [1.54, 1.807) is 0 Å². The van der Waals surface area contributed by atoms with Crippen LogP contribution in [0.3, 0.4) is 0 Å². The van der Waals surface area contributed by atoms with Crippen LogP contribution in [-0.4, -0.2) is 51.0 Å². The molecule has 0 saturated heterocycles. The number of nitrogens with zero attached hydrogens (tertiary/aromatic N) is 1. The third kappa shape index (κ3) is 7.34. The minimum absolute atomic E-state index is 0.0559. The van der Waals surface area contributed by atoms with Crippen LogP contribution < -0.4 is 10.6 Å². The SMILES string of the molecule is CC(C)C[C@H](NC(=O)c1cccc(C(=O)N[C@H](CC(C)C)C(=O)O)n1)C(=O)O. The van der Waals surface area contributed by atoms with Crippen LogP contribution in [0.5, 0.6) is 0 Å². The highest BCUT2D eigenvalue weighted by molar-refractivity contribution is 5.98. The van der Waals surface area contributed by atoms with Gasteiger partial charge in [0, 0.05) is 0 Å². The maximum atomic E-state index is 12.3. The van der Waals surface area contributed by atoms with E-state index in [1.165, 1.54) is 18.2 Å². The first-order chi connectivity index (χ1) is 13.0. The Kier molecular flexibility index (Phi) is 8.56. The molecule has 0 spiro atoms. The molecule has 0 radical (unpaired) electrons. The van der Waals surface area contributed by atoms with Crippen LogP contribution in [-0.2, 0) is 9.59 Å². The number of amides is 2. The molecule has 0 unspecified atom stereocenters. The molecule has 0 aliphatic rings. The smallest absolute Gasteiger partial charge is 0.326 e. The molecular weight excluding hydrogens is 366 g/mol. The minimum atomic E-state index is -1.16. The van der Waals surface area contributed by atoms with Gasteiger partial charge < -0.3 is 20.8 Å². The van der Waals surface area contributed by atoms with Crippen LogP contribution in [0.15, 0.2) is 18.2 Å². The number of aliphatic carboxylic acids is 2. The lowest BCUT2D eigenvalue weighted by Crippen LogP contribution is -2.43. The fraction of sp³-hybridized carbons (Fsp3) is 0.526. The van der Waals surface area contributed by atoms with E-state index < -0.39 is 35.8 Å². The lowest BCUT2D eigenvalue weighted by molar-refractivity contribution is -0.140.